The lowest BCUT2D eigenvalue weighted by molar-refractivity contribution is 0.592. The van der Waals surface area contributed by atoms with Crippen LogP contribution in [-0.2, 0) is 12.8 Å². The van der Waals surface area contributed by atoms with Crippen LogP contribution in [0.25, 0.3) is 0 Å². The fourth-order valence-electron chi connectivity index (χ4n) is 2.24. The molecule has 0 aliphatic rings. The number of likely N-dealkylation sites (N-methyl/N-ethyl adjacent to an activating group) is 1. The molecule has 2 aromatic rings. The first-order chi connectivity index (χ1) is 8.83. The number of rotatable bonds is 6. The molecule has 1 heterocycles. The van der Waals surface area contributed by atoms with Crippen LogP contribution in [0.5, 0.6) is 0 Å². The van der Waals surface area contributed by atoms with Crippen LogP contribution in [-0.4, -0.2) is 7.05 Å². The summed E-state index contributed by atoms with van der Waals surface area (Å²) >= 11 is 1.77. The van der Waals surface area contributed by atoms with Crippen LogP contribution in [0.4, 0.5) is 0 Å². The van der Waals surface area contributed by atoms with Gasteiger partial charge in [-0.05, 0) is 53.4 Å². The van der Waals surface area contributed by atoms with Crippen LogP contribution in [0.1, 0.15) is 36.1 Å². The summed E-state index contributed by atoms with van der Waals surface area (Å²) in [6.07, 6.45) is 3.45. The van der Waals surface area contributed by atoms with Gasteiger partial charge in [0, 0.05) is 6.04 Å². The minimum Gasteiger partial charge on any atom is -0.313 e. The van der Waals surface area contributed by atoms with Gasteiger partial charge in [-0.3, -0.25) is 0 Å². The third-order valence-corrected chi connectivity index (χ3v) is 4.02. The number of hydrogen-bond donors (Lipinski definition) is 1. The molecule has 1 nitrogen and oxygen atoms in total. The zero-order valence-corrected chi connectivity index (χ0v) is 12.0. The molecule has 2 rings (SSSR count). The Hall–Kier alpha value is -1.12. The second-order valence-corrected chi connectivity index (χ2v) is 5.45. The SMILES string of the molecule is CCCc1ccc(C(Cc2ccsc2)NC)cc1. The fourth-order valence-corrected chi connectivity index (χ4v) is 2.92. The molecule has 1 unspecified atom stereocenters. The van der Waals surface area contributed by atoms with E-state index in [2.05, 4.69) is 53.3 Å². The molecule has 0 saturated carbocycles. The topological polar surface area (TPSA) is 12.0 Å². The van der Waals surface area contributed by atoms with Gasteiger partial charge in [0.1, 0.15) is 0 Å². The molecular formula is C16H21NS. The maximum absolute atomic E-state index is 3.41. The minimum absolute atomic E-state index is 0.412. The summed E-state index contributed by atoms with van der Waals surface area (Å²) in [7, 11) is 2.04. The van der Waals surface area contributed by atoms with Crippen molar-refractivity contribution in [2.45, 2.75) is 32.2 Å². The summed E-state index contributed by atoms with van der Waals surface area (Å²) in [6.45, 7) is 2.22. The Kier molecular flexibility index (Phi) is 4.97. The van der Waals surface area contributed by atoms with Crippen LogP contribution in [0.2, 0.25) is 0 Å². The molecule has 0 spiro atoms. The number of hydrogen-bond acceptors (Lipinski definition) is 2. The Morgan fingerprint density at radius 1 is 1.11 bits per heavy atom. The number of nitrogens with one attached hydrogen (secondary N) is 1. The van der Waals surface area contributed by atoms with Crippen LogP contribution in [0.15, 0.2) is 41.1 Å². The fraction of sp³-hybridized carbons (Fsp3) is 0.375. The molecule has 0 amide bonds. The Balaban J connectivity index is 2.07. The van der Waals surface area contributed by atoms with E-state index in [9.17, 15) is 0 Å². The molecule has 2 heteroatoms. The maximum Gasteiger partial charge on any atom is 0.0358 e. The van der Waals surface area contributed by atoms with E-state index in [1.807, 2.05) is 7.05 Å². The first kappa shape index (κ1) is 13.3. The van der Waals surface area contributed by atoms with Gasteiger partial charge in [0.2, 0.25) is 0 Å². The molecule has 0 saturated heterocycles. The zero-order chi connectivity index (χ0) is 12.8. The summed E-state index contributed by atoms with van der Waals surface area (Å²) in [6, 6.07) is 11.7. The van der Waals surface area contributed by atoms with E-state index in [4.69, 9.17) is 0 Å². The Labute approximate surface area is 114 Å². The van der Waals surface area contributed by atoms with E-state index < -0.39 is 0 Å². The predicted molar refractivity (Wildman–Crippen MR) is 80.3 cm³/mol. The minimum atomic E-state index is 0.412. The highest BCUT2D eigenvalue weighted by molar-refractivity contribution is 7.07. The molecule has 1 aromatic carbocycles. The van der Waals surface area contributed by atoms with E-state index >= 15 is 0 Å². The Morgan fingerprint density at radius 3 is 2.44 bits per heavy atom. The molecule has 0 aliphatic heterocycles. The summed E-state index contributed by atoms with van der Waals surface area (Å²) in [5.74, 6) is 0. The van der Waals surface area contributed by atoms with Crippen LogP contribution >= 0.6 is 11.3 Å². The van der Waals surface area contributed by atoms with Gasteiger partial charge in [-0.2, -0.15) is 11.3 Å². The number of thiophene rings is 1. The molecule has 0 radical (unpaired) electrons. The average Bonchev–Trinajstić information content (AvgIpc) is 2.90. The van der Waals surface area contributed by atoms with E-state index in [-0.39, 0.29) is 0 Å². The van der Waals surface area contributed by atoms with E-state index in [0.717, 1.165) is 6.42 Å². The lowest BCUT2D eigenvalue weighted by Gasteiger charge is -2.16. The quantitative estimate of drug-likeness (QED) is 0.819. The van der Waals surface area contributed by atoms with Gasteiger partial charge in [0.05, 0.1) is 0 Å². The first-order valence-electron chi connectivity index (χ1n) is 6.60. The van der Waals surface area contributed by atoms with Crippen molar-refractivity contribution >= 4 is 11.3 Å². The summed E-state index contributed by atoms with van der Waals surface area (Å²) in [5.41, 5.74) is 4.23. The molecule has 1 atom stereocenters. The van der Waals surface area contributed by atoms with Crippen LogP contribution in [0.3, 0.4) is 0 Å². The summed E-state index contributed by atoms with van der Waals surface area (Å²) in [4.78, 5) is 0. The molecule has 18 heavy (non-hydrogen) atoms. The molecule has 0 aliphatic carbocycles. The molecule has 96 valence electrons. The van der Waals surface area contributed by atoms with E-state index in [1.54, 1.807) is 11.3 Å². The second kappa shape index (κ2) is 6.72. The molecule has 0 fully saturated rings. The van der Waals surface area contributed by atoms with Gasteiger partial charge >= 0.3 is 0 Å². The molecule has 1 N–H and O–H groups in total. The van der Waals surface area contributed by atoms with Gasteiger partial charge in [0.15, 0.2) is 0 Å². The zero-order valence-electron chi connectivity index (χ0n) is 11.1. The maximum atomic E-state index is 3.41. The third-order valence-electron chi connectivity index (χ3n) is 3.29. The highest BCUT2D eigenvalue weighted by Gasteiger charge is 2.10. The molecular weight excluding hydrogens is 238 g/mol. The van der Waals surface area contributed by atoms with Crippen molar-refractivity contribution in [3.8, 4) is 0 Å². The van der Waals surface area contributed by atoms with Crippen molar-refractivity contribution in [3.05, 3.63) is 57.8 Å². The number of benzene rings is 1. The highest BCUT2D eigenvalue weighted by atomic mass is 32.1. The van der Waals surface area contributed by atoms with Crippen LogP contribution < -0.4 is 5.32 Å². The van der Waals surface area contributed by atoms with Gasteiger partial charge in [0.25, 0.3) is 0 Å². The van der Waals surface area contributed by atoms with Crippen LogP contribution in [0, 0.1) is 0 Å². The van der Waals surface area contributed by atoms with Gasteiger partial charge < -0.3 is 5.32 Å². The normalized spacial score (nSPS) is 12.6. The first-order valence-corrected chi connectivity index (χ1v) is 7.55. The Morgan fingerprint density at radius 2 is 1.89 bits per heavy atom. The lowest BCUT2D eigenvalue weighted by Crippen LogP contribution is -2.18. The van der Waals surface area contributed by atoms with Gasteiger partial charge in [-0.15, -0.1) is 0 Å². The van der Waals surface area contributed by atoms with Crippen molar-refractivity contribution in [1.29, 1.82) is 0 Å². The average molecular weight is 259 g/mol. The highest BCUT2D eigenvalue weighted by Crippen LogP contribution is 2.20. The Bertz CT molecular complexity index is 444. The van der Waals surface area contributed by atoms with Crippen molar-refractivity contribution < 1.29 is 0 Å². The summed E-state index contributed by atoms with van der Waals surface area (Å²) in [5, 5.41) is 7.79. The molecule has 0 bridgehead atoms. The van der Waals surface area contributed by atoms with Crippen molar-refractivity contribution in [2.75, 3.05) is 7.05 Å². The predicted octanol–water partition coefficient (Wildman–Crippen LogP) is 4.20. The van der Waals surface area contributed by atoms with Gasteiger partial charge in [-0.1, -0.05) is 37.6 Å². The smallest absolute Gasteiger partial charge is 0.0358 e. The molecule has 1 aromatic heterocycles. The summed E-state index contributed by atoms with van der Waals surface area (Å²) < 4.78 is 0. The lowest BCUT2D eigenvalue weighted by atomic mass is 9.98. The largest absolute Gasteiger partial charge is 0.313 e. The van der Waals surface area contributed by atoms with Crippen molar-refractivity contribution in [3.63, 3.8) is 0 Å². The van der Waals surface area contributed by atoms with Crippen molar-refractivity contribution in [2.24, 2.45) is 0 Å². The van der Waals surface area contributed by atoms with E-state index in [1.165, 1.54) is 29.5 Å². The van der Waals surface area contributed by atoms with Crippen molar-refractivity contribution in [1.82, 2.24) is 5.32 Å². The standard InChI is InChI=1S/C16H21NS/c1-3-4-13-5-7-15(8-6-13)16(17-2)11-14-9-10-18-12-14/h5-10,12,16-17H,3-4,11H2,1-2H3. The van der Waals surface area contributed by atoms with E-state index in [0.29, 0.717) is 6.04 Å². The monoisotopic (exact) mass is 259 g/mol. The number of aryl methyl sites for hydroxylation is 1. The van der Waals surface area contributed by atoms with Gasteiger partial charge in [-0.25, -0.2) is 0 Å². The second-order valence-electron chi connectivity index (χ2n) is 4.67. The third kappa shape index (κ3) is 3.44.